The van der Waals surface area contributed by atoms with Gasteiger partial charge in [-0.05, 0) is 52.3 Å². The van der Waals surface area contributed by atoms with Crippen LogP contribution in [0.4, 0.5) is 0 Å². The number of aryl methyl sites for hydroxylation is 1. The lowest BCUT2D eigenvalue weighted by Gasteiger charge is -2.23. The van der Waals surface area contributed by atoms with Crippen molar-refractivity contribution >= 4 is 41.8 Å². The number of hydrogen-bond donors (Lipinski definition) is 2. The second kappa shape index (κ2) is 9.36. The first-order valence-electron chi connectivity index (χ1n) is 8.46. The first-order valence-corrected chi connectivity index (χ1v) is 8.46. The number of rotatable bonds is 4. The predicted molar refractivity (Wildman–Crippen MR) is 105 cm³/mol. The molecule has 1 unspecified atom stereocenters. The standard InChI is InChI=1S/C17H25N5O.2ClH/c1-4-12(3)22-16-15(10-19-22)14(9-11(2)20-16)17(23)21-13-5-7-18-8-6-13;;/h9-10,12-13,18H,4-8H2,1-3H3,(H,21,23);2*1H. The van der Waals surface area contributed by atoms with Gasteiger partial charge < -0.3 is 10.6 Å². The van der Waals surface area contributed by atoms with Crippen molar-refractivity contribution in [1.29, 1.82) is 0 Å². The van der Waals surface area contributed by atoms with Crippen LogP contribution < -0.4 is 10.6 Å². The van der Waals surface area contributed by atoms with E-state index in [1.54, 1.807) is 6.20 Å². The minimum Gasteiger partial charge on any atom is -0.349 e. The molecule has 3 rings (SSSR count). The highest BCUT2D eigenvalue weighted by molar-refractivity contribution is 6.05. The summed E-state index contributed by atoms with van der Waals surface area (Å²) in [6, 6.07) is 2.38. The number of fused-ring (bicyclic) bond motifs is 1. The number of aromatic nitrogens is 3. The molecule has 2 N–H and O–H groups in total. The van der Waals surface area contributed by atoms with E-state index in [9.17, 15) is 4.79 Å². The Bertz CT molecular complexity index is 712. The molecule has 25 heavy (non-hydrogen) atoms. The Morgan fingerprint density at radius 1 is 1.40 bits per heavy atom. The first kappa shape index (κ1) is 21.7. The average Bonchev–Trinajstić information content (AvgIpc) is 2.97. The molecule has 0 aromatic carbocycles. The van der Waals surface area contributed by atoms with Gasteiger partial charge in [0.25, 0.3) is 5.91 Å². The fourth-order valence-corrected chi connectivity index (χ4v) is 3.06. The molecule has 1 amide bonds. The largest absolute Gasteiger partial charge is 0.349 e. The van der Waals surface area contributed by atoms with E-state index in [0.717, 1.165) is 49.1 Å². The van der Waals surface area contributed by atoms with Crippen molar-refractivity contribution in [3.05, 3.63) is 23.5 Å². The van der Waals surface area contributed by atoms with Gasteiger partial charge in [0.15, 0.2) is 5.65 Å². The summed E-state index contributed by atoms with van der Waals surface area (Å²) in [5.41, 5.74) is 2.33. The summed E-state index contributed by atoms with van der Waals surface area (Å²) >= 11 is 0. The summed E-state index contributed by atoms with van der Waals surface area (Å²) in [5.74, 6) is -0.0175. The molecule has 0 aliphatic carbocycles. The van der Waals surface area contributed by atoms with E-state index in [1.165, 1.54) is 0 Å². The first-order chi connectivity index (χ1) is 11.1. The Morgan fingerprint density at radius 3 is 2.72 bits per heavy atom. The lowest BCUT2D eigenvalue weighted by Crippen LogP contribution is -2.42. The maximum atomic E-state index is 12.7. The zero-order chi connectivity index (χ0) is 16.4. The van der Waals surface area contributed by atoms with E-state index in [-0.39, 0.29) is 42.8 Å². The molecule has 0 spiro atoms. The number of halogens is 2. The van der Waals surface area contributed by atoms with Gasteiger partial charge in [-0.1, -0.05) is 6.92 Å². The van der Waals surface area contributed by atoms with Crippen LogP contribution in [-0.4, -0.2) is 39.8 Å². The van der Waals surface area contributed by atoms with E-state index in [2.05, 4.69) is 34.6 Å². The van der Waals surface area contributed by atoms with Gasteiger partial charge in [-0.3, -0.25) is 4.79 Å². The van der Waals surface area contributed by atoms with Crippen molar-refractivity contribution in [1.82, 2.24) is 25.4 Å². The molecule has 2 aromatic rings. The molecule has 0 radical (unpaired) electrons. The van der Waals surface area contributed by atoms with Crippen molar-refractivity contribution in [3.63, 3.8) is 0 Å². The highest BCUT2D eigenvalue weighted by Crippen LogP contribution is 2.22. The molecule has 1 aliphatic heterocycles. The Hall–Kier alpha value is -1.37. The molecule has 1 fully saturated rings. The molecule has 1 atom stereocenters. The second-order valence-corrected chi connectivity index (χ2v) is 6.39. The lowest BCUT2D eigenvalue weighted by atomic mass is 10.1. The highest BCUT2D eigenvalue weighted by Gasteiger charge is 2.21. The van der Waals surface area contributed by atoms with Gasteiger partial charge in [0.2, 0.25) is 0 Å². The predicted octanol–water partition coefficient (Wildman–Crippen LogP) is 3.04. The van der Waals surface area contributed by atoms with Crippen LogP contribution in [0.25, 0.3) is 11.0 Å². The van der Waals surface area contributed by atoms with Gasteiger partial charge >= 0.3 is 0 Å². The summed E-state index contributed by atoms with van der Waals surface area (Å²) in [5, 5.41) is 11.8. The van der Waals surface area contributed by atoms with Crippen molar-refractivity contribution in [3.8, 4) is 0 Å². The van der Waals surface area contributed by atoms with Crippen LogP contribution in [0.2, 0.25) is 0 Å². The van der Waals surface area contributed by atoms with Crippen LogP contribution in [0.5, 0.6) is 0 Å². The topological polar surface area (TPSA) is 71.8 Å². The van der Waals surface area contributed by atoms with Crippen LogP contribution in [0.1, 0.15) is 55.2 Å². The van der Waals surface area contributed by atoms with E-state index in [0.29, 0.717) is 5.56 Å². The summed E-state index contributed by atoms with van der Waals surface area (Å²) in [6.07, 6.45) is 4.70. The maximum absolute atomic E-state index is 12.7. The van der Waals surface area contributed by atoms with Crippen LogP contribution in [0.3, 0.4) is 0 Å². The van der Waals surface area contributed by atoms with Gasteiger partial charge in [0.1, 0.15) is 0 Å². The van der Waals surface area contributed by atoms with E-state index in [1.807, 2.05) is 17.7 Å². The Kier molecular flexibility index (Phi) is 8.12. The van der Waals surface area contributed by atoms with E-state index >= 15 is 0 Å². The van der Waals surface area contributed by atoms with Crippen LogP contribution >= 0.6 is 24.8 Å². The van der Waals surface area contributed by atoms with Crippen molar-refractivity contribution in [2.75, 3.05) is 13.1 Å². The van der Waals surface area contributed by atoms with Crippen LogP contribution in [-0.2, 0) is 0 Å². The van der Waals surface area contributed by atoms with Crippen molar-refractivity contribution < 1.29 is 4.79 Å². The molecule has 2 aromatic heterocycles. The van der Waals surface area contributed by atoms with Crippen LogP contribution in [0.15, 0.2) is 12.3 Å². The molecule has 0 saturated carbocycles. The third-order valence-corrected chi connectivity index (χ3v) is 4.62. The summed E-state index contributed by atoms with van der Waals surface area (Å²) < 4.78 is 1.92. The minimum absolute atomic E-state index is 0. The molecule has 6 nitrogen and oxygen atoms in total. The zero-order valence-electron chi connectivity index (χ0n) is 14.9. The Labute approximate surface area is 161 Å². The third kappa shape index (κ3) is 4.63. The number of piperidine rings is 1. The monoisotopic (exact) mass is 387 g/mol. The summed E-state index contributed by atoms with van der Waals surface area (Å²) in [4.78, 5) is 17.3. The van der Waals surface area contributed by atoms with Gasteiger partial charge in [-0.2, -0.15) is 5.10 Å². The molecular formula is C17H27Cl2N5O. The van der Waals surface area contributed by atoms with Crippen molar-refractivity contribution in [2.24, 2.45) is 0 Å². The number of carbonyl (C=O) groups is 1. The number of hydrogen-bond acceptors (Lipinski definition) is 4. The Morgan fingerprint density at radius 2 is 2.08 bits per heavy atom. The number of nitrogens with zero attached hydrogens (tertiary/aromatic N) is 3. The summed E-state index contributed by atoms with van der Waals surface area (Å²) in [6.45, 7) is 8.09. The third-order valence-electron chi connectivity index (χ3n) is 4.62. The van der Waals surface area contributed by atoms with Gasteiger partial charge in [0.05, 0.1) is 23.2 Å². The fraction of sp³-hybridized carbons (Fsp3) is 0.588. The number of amides is 1. The van der Waals surface area contributed by atoms with E-state index in [4.69, 9.17) is 0 Å². The molecule has 1 aliphatic rings. The lowest BCUT2D eigenvalue weighted by molar-refractivity contribution is 0.0931. The molecule has 140 valence electrons. The quantitative estimate of drug-likeness (QED) is 0.845. The normalized spacial score (nSPS) is 16.0. The van der Waals surface area contributed by atoms with Crippen LogP contribution in [0, 0.1) is 6.92 Å². The van der Waals surface area contributed by atoms with E-state index < -0.39 is 0 Å². The zero-order valence-corrected chi connectivity index (χ0v) is 16.5. The minimum atomic E-state index is -0.0175. The smallest absolute Gasteiger partial charge is 0.252 e. The summed E-state index contributed by atoms with van der Waals surface area (Å²) in [7, 11) is 0. The van der Waals surface area contributed by atoms with Gasteiger partial charge in [-0.25, -0.2) is 9.67 Å². The Balaban J connectivity index is 0.00000156. The molecule has 3 heterocycles. The van der Waals surface area contributed by atoms with Gasteiger partial charge in [0, 0.05) is 11.7 Å². The molecule has 8 heteroatoms. The SMILES string of the molecule is CCC(C)n1ncc2c(C(=O)NC3CCNCC3)cc(C)nc21.Cl.Cl. The molecule has 1 saturated heterocycles. The van der Waals surface area contributed by atoms with Gasteiger partial charge in [-0.15, -0.1) is 24.8 Å². The molecular weight excluding hydrogens is 361 g/mol. The number of carbonyl (C=O) groups excluding carboxylic acids is 1. The average molecular weight is 388 g/mol. The fourth-order valence-electron chi connectivity index (χ4n) is 3.06. The number of pyridine rings is 1. The van der Waals surface area contributed by atoms with Crippen molar-refractivity contribution in [2.45, 2.75) is 52.1 Å². The second-order valence-electron chi connectivity index (χ2n) is 6.39. The number of nitrogens with one attached hydrogen (secondary N) is 2. The maximum Gasteiger partial charge on any atom is 0.252 e. The highest BCUT2D eigenvalue weighted by atomic mass is 35.5. The molecule has 0 bridgehead atoms.